The molecule has 2 aliphatic rings. The van der Waals surface area contributed by atoms with Gasteiger partial charge in [-0.2, -0.15) is 0 Å². The Balaban J connectivity index is 1.61. The van der Waals surface area contributed by atoms with Crippen LogP contribution in [0.4, 0.5) is 5.69 Å². The van der Waals surface area contributed by atoms with Gasteiger partial charge in [0.15, 0.2) is 6.04 Å². The normalized spacial score (nSPS) is 28.5. The first-order valence-electron chi connectivity index (χ1n) is 8.97. The maximum Gasteiger partial charge on any atom is 0.282 e. The van der Waals surface area contributed by atoms with Gasteiger partial charge in [0.05, 0.1) is 25.9 Å². The molecule has 0 radical (unpaired) electrons. The number of anilines is 1. The second kappa shape index (κ2) is 7.35. The molecule has 3 rings (SSSR count). The fourth-order valence-electron chi connectivity index (χ4n) is 4.31. The summed E-state index contributed by atoms with van der Waals surface area (Å²) >= 11 is 0. The number of quaternary nitrogens is 1. The van der Waals surface area contributed by atoms with Crippen LogP contribution in [0.3, 0.4) is 0 Å². The number of hydrogen-bond donors (Lipinski definition) is 2. The van der Waals surface area contributed by atoms with Crippen molar-refractivity contribution in [3.8, 4) is 5.75 Å². The van der Waals surface area contributed by atoms with Crippen LogP contribution in [0.2, 0.25) is 0 Å². The number of hydrogen-bond acceptors (Lipinski definition) is 2. The smallest absolute Gasteiger partial charge is 0.282 e. The molecule has 4 atom stereocenters. The van der Waals surface area contributed by atoms with E-state index in [1.165, 1.54) is 37.0 Å². The van der Waals surface area contributed by atoms with E-state index in [2.05, 4.69) is 12.2 Å². The number of para-hydroxylation sites is 2. The standard InChI is InChI=1S/C19H28N2O2/c1-14(19(22)20-17-9-5-6-10-18(17)23-2)21-12-11-15-7-3-4-8-16(15)13-21/h5-6,9-10,14-16H,3-4,7-8,11-13H2,1-2H3,(H,20,22)/p+1/t14-,15-,16+/m0/s1. The van der Waals surface area contributed by atoms with E-state index in [0.717, 1.165) is 30.6 Å². The maximum atomic E-state index is 12.7. The lowest BCUT2D eigenvalue weighted by atomic mass is 9.75. The molecule has 126 valence electrons. The summed E-state index contributed by atoms with van der Waals surface area (Å²) in [7, 11) is 1.63. The highest BCUT2D eigenvalue weighted by molar-refractivity contribution is 5.94. The zero-order chi connectivity index (χ0) is 16.2. The Morgan fingerprint density at radius 3 is 2.74 bits per heavy atom. The molecule has 0 spiro atoms. The van der Waals surface area contributed by atoms with Gasteiger partial charge in [-0.1, -0.05) is 25.0 Å². The average molecular weight is 317 g/mol. The van der Waals surface area contributed by atoms with Crippen LogP contribution in [-0.4, -0.2) is 32.1 Å². The third kappa shape index (κ3) is 3.69. The molecule has 0 aromatic heterocycles. The molecule has 23 heavy (non-hydrogen) atoms. The Kier molecular flexibility index (Phi) is 5.21. The molecule has 1 amide bonds. The molecule has 2 fully saturated rings. The molecule has 1 saturated carbocycles. The molecule has 0 bridgehead atoms. The number of nitrogens with one attached hydrogen (secondary N) is 2. The van der Waals surface area contributed by atoms with Gasteiger partial charge in [0, 0.05) is 5.92 Å². The molecule has 1 aliphatic heterocycles. The Morgan fingerprint density at radius 2 is 1.96 bits per heavy atom. The second-order valence-corrected chi connectivity index (χ2v) is 7.12. The zero-order valence-electron chi connectivity index (χ0n) is 14.3. The third-order valence-corrected chi connectivity index (χ3v) is 5.80. The summed E-state index contributed by atoms with van der Waals surface area (Å²) in [6.45, 7) is 4.34. The van der Waals surface area contributed by atoms with Gasteiger partial charge in [-0.3, -0.25) is 4.79 Å². The quantitative estimate of drug-likeness (QED) is 0.893. The minimum atomic E-state index is -0.0113. The lowest BCUT2D eigenvalue weighted by Crippen LogP contribution is -3.18. The van der Waals surface area contributed by atoms with E-state index in [1.54, 1.807) is 7.11 Å². The van der Waals surface area contributed by atoms with Crippen LogP contribution in [0, 0.1) is 11.8 Å². The lowest BCUT2D eigenvalue weighted by molar-refractivity contribution is -0.924. The second-order valence-electron chi connectivity index (χ2n) is 7.12. The number of benzene rings is 1. The summed E-state index contributed by atoms with van der Waals surface area (Å²) in [4.78, 5) is 14.1. The fraction of sp³-hybridized carbons (Fsp3) is 0.632. The van der Waals surface area contributed by atoms with Crippen LogP contribution >= 0.6 is 0 Å². The number of carbonyl (C=O) groups is 1. The molecule has 2 N–H and O–H groups in total. The number of likely N-dealkylation sites (tertiary alicyclic amines) is 1. The van der Waals surface area contributed by atoms with E-state index in [9.17, 15) is 4.79 Å². The number of rotatable bonds is 4. The first kappa shape index (κ1) is 16.3. The monoisotopic (exact) mass is 317 g/mol. The van der Waals surface area contributed by atoms with Crippen molar-refractivity contribution in [2.24, 2.45) is 11.8 Å². The average Bonchev–Trinajstić information content (AvgIpc) is 2.61. The SMILES string of the molecule is COc1ccccc1NC(=O)[C@H](C)[NH+]1CC[C@@H]2CCCC[C@@H]2C1. The molecular formula is C19H29N2O2+. The van der Waals surface area contributed by atoms with Gasteiger partial charge < -0.3 is 15.0 Å². The van der Waals surface area contributed by atoms with Crippen LogP contribution in [0.5, 0.6) is 5.75 Å². The van der Waals surface area contributed by atoms with Gasteiger partial charge in [-0.25, -0.2) is 0 Å². The minimum absolute atomic E-state index is 0.0113. The molecule has 1 aromatic rings. The Labute approximate surface area is 139 Å². The highest BCUT2D eigenvalue weighted by Gasteiger charge is 2.37. The molecule has 4 nitrogen and oxygen atoms in total. The summed E-state index contributed by atoms with van der Waals surface area (Å²) in [5.74, 6) is 2.55. The van der Waals surface area contributed by atoms with E-state index in [-0.39, 0.29) is 11.9 Å². The number of amides is 1. The number of carbonyl (C=O) groups excluding carboxylic acids is 1. The molecule has 4 heteroatoms. The summed E-state index contributed by atoms with van der Waals surface area (Å²) in [5, 5.41) is 3.05. The number of ether oxygens (including phenoxy) is 1. The van der Waals surface area contributed by atoms with Gasteiger partial charge in [0.2, 0.25) is 0 Å². The van der Waals surface area contributed by atoms with Gasteiger partial charge >= 0.3 is 0 Å². The molecular weight excluding hydrogens is 288 g/mol. The Hall–Kier alpha value is -1.55. The maximum absolute atomic E-state index is 12.7. The predicted molar refractivity (Wildman–Crippen MR) is 91.8 cm³/mol. The molecule has 1 saturated heterocycles. The van der Waals surface area contributed by atoms with Crippen LogP contribution in [0.1, 0.15) is 39.0 Å². The van der Waals surface area contributed by atoms with Crippen molar-refractivity contribution < 1.29 is 14.4 Å². The van der Waals surface area contributed by atoms with E-state index in [4.69, 9.17) is 4.74 Å². The van der Waals surface area contributed by atoms with Gasteiger partial charge in [0.25, 0.3) is 5.91 Å². The number of fused-ring (bicyclic) bond motifs is 1. The third-order valence-electron chi connectivity index (χ3n) is 5.80. The van der Waals surface area contributed by atoms with Crippen molar-refractivity contribution in [2.75, 3.05) is 25.5 Å². The van der Waals surface area contributed by atoms with Gasteiger partial charge in [-0.15, -0.1) is 0 Å². The van der Waals surface area contributed by atoms with Crippen molar-refractivity contribution in [3.63, 3.8) is 0 Å². The van der Waals surface area contributed by atoms with Gasteiger partial charge in [-0.05, 0) is 44.2 Å². The first-order valence-corrected chi connectivity index (χ1v) is 8.97. The minimum Gasteiger partial charge on any atom is -0.495 e. The fourth-order valence-corrected chi connectivity index (χ4v) is 4.31. The van der Waals surface area contributed by atoms with Crippen LogP contribution in [-0.2, 0) is 4.79 Å². The summed E-state index contributed by atoms with van der Waals surface area (Å²) in [6, 6.07) is 7.59. The van der Waals surface area contributed by atoms with E-state index >= 15 is 0 Å². The van der Waals surface area contributed by atoms with Crippen molar-refractivity contribution in [1.29, 1.82) is 0 Å². The molecule has 1 aromatic carbocycles. The summed E-state index contributed by atoms with van der Waals surface area (Å²) in [5.41, 5.74) is 0.763. The van der Waals surface area contributed by atoms with Crippen molar-refractivity contribution in [1.82, 2.24) is 0 Å². The van der Waals surface area contributed by atoms with E-state index in [1.807, 2.05) is 24.3 Å². The van der Waals surface area contributed by atoms with E-state index < -0.39 is 0 Å². The highest BCUT2D eigenvalue weighted by atomic mass is 16.5. The lowest BCUT2D eigenvalue weighted by Gasteiger charge is -2.40. The van der Waals surface area contributed by atoms with Gasteiger partial charge in [0.1, 0.15) is 5.75 Å². The molecule has 1 heterocycles. The van der Waals surface area contributed by atoms with Crippen molar-refractivity contribution in [2.45, 2.75) is 45.1 Å². The highest BCUT2D eigenvalue weighted by Crippen LogP contribution is 2.32. The number of methoxy groups -OCH3 is 1. The topological polar surface area (TPSA) is 42.8 Å². The largest absolute Gasteiger partial charge is 0.495 e. The molecule has 1 aliphatic carbocycles. The Morgan fingerprint density at radius 1 is 1.22 bits per heavy atom. The zero-order valence-corrected chi connectivity index (χ0v) is 14.3. The summed E-state index contributed by atoms with van der Waals surface area (Å²) in [6.07, 6.45) is 6.82. The number of piperidine rings is 1. The van der Waals surface area contributed by atoms with Crippen LogP contribution in [0.25, 0.3) is 0 Å². The van der Waals surface area contributed by atoms with Crippen molar-refractivity contribution in [3.05, 3.63) is 24.3 Å². The predicted octanol–water partition coefficient (Wildman–Crippen LogP) is 2.12. The summed E-state index contributed by atoms with van der Waals surface area (Å²) < 4.78 is 5.32. The first-order chi connectivity index (χ1) is 11.2. The van der Waals surface area contributed by atoms with E-state index in [0.29, 0.717) is 5.75 Å². The van der Waals surface area contributed by atoms with Crippen LogP contribution < -0.4 is 15.0 Å². The van der Waals surface area contributed by atoms with Crippen LogP contribution in [0.15, 0.2) is 24.3 Å². The Bertz CT molecular complexity index is 546. The molecule has 1 unspecified atom stereocenters. The van der Waals surface area contributed by atoms with Crippen molar-refractivity contribution >= 4 is 11.6 Å².